The molecular weight excluding hydrogens is 170 g/mol. The quantitative estimate of drug-likeness (QED) is 0.665. The zero-order chi connectivity index (χ0) is 9.26. The molecule has 0 saturated carbocycles. The molecule has 4 nitrogen and oxygen atoms in total. The van der Waals surface area contributed by atoms with Crippen LogP contribution in [-0.4, -0.2) is 17.5 Å². The van der Waals surface area contributed by atoms with Gasteiger partial charge < -0.3 is 9.84 Å². The molecule has 4 heteroatoms. The summed E-state index contributed by atoms with van der Waals surface area (Å²) in [7, 11) is 0. The van der Waals surface area contributed by atoms with E-state index in [0.717, 1.165) is 11.1 Å². The van der Waals surface area contributed by atoms with Crippen molar-refractivity contribution in [3.63, 3.8) is 0 Å². The lowest BCUT2D eigenvalue weighted by atomic mass is 10.1. The molecule has 0 bridgehead atoms. The fourth-order valence-electron chi connectivity index (χ4n) is 1.27. The Morgan fingerprint density at radius 1 is 1.46 bits per heavy atom. The van der Waals surface area contributed by atoms with E-state index in [1.807, 2.05) is 18.2 Å². The maximum atomic E-state index is 10.3. The molecule has 1 atom stereocenters. The molecule has 0 radical (unpaired) electrons. The zero-order valence-corrected chi connectivity index (χ0v) is 6.68. The van der Waals surface area contributed by atoms with Crippen molar-refractivity contribution >= 4 is 12.4 Å². The monoisotopic (exact) mass is 177 g/mol. The second kappa shape index (κ2) is 2.90. The van der Waals surface area contributed by atoms with Crippen molar-refractivity contribution in [3.05, 3.63) is 35.4 Å². The highest BCUT2D eigenvalue weighted by atomic mass is 16.7. The van der Waals surface area contributed by atoms with Crippen LogP contribution in [0.3, 0.4) is 0 Å². The number of aliphatic imine (C=N–C) groups is 1. The van der Waals surface area contributed by atoms with E-state index < -0.39 is 12.4 Å². The second-order valence-corrected chi connectivity index (χ2v) is 2.64. The minimum Gasteiger partial charge on any atom is -0.450 e. The summed E-state index contributed by atoms with van der Waals surface area (Å²) >= 11 is 0. The van der Waals surface area contributed by atoms with Gasteiger partial charge in [-0.1, -0.05) is 24.3 Å². The largest absolute Gasteiger partial charge is 0.508 e. The van der Waals surface area contributed by atoms with E-state index in [4.69, 9.17) is 5.11 Å². The van der Waals surface area contributed by atoms with E-state index in [9.17, 15) is 4.79 Å². The number of fused-ring (bicyclic) bond motifs is 1. The first-order chi connectivity index (χ1) is 6.27. The zero-order valence-electron chi connectivity index (χ0n) is 6.68. The first-order valence-corrected chi connectivity index (χ1v) is 3.79. The first kappa shape index (κ1) is 7.79. The SMILES string of the molecule is O=C(O)OC1N=Cc2ccccc21. The third-order valence-electron chi connectivity index (χ3n) is 1.82. The molecule has 0 fully saturated rings. The Morgan fingerprint density at radius 2 is 2.23 bits per heavy atom. The van der Waals surface area contributed by atoms with Crippen LogP contribution in [0.4, 0.5) is 4.79 Å². The van der Waals surface area contributed by atoms with Crippen LogP contribution in [0, 0.1) is 0 Å². The van der Waals surface area contributed by atoms with E-state index in [1.54, 1.807) is 12.3 Å². The molecule has 1 aliphatic rings. The van der Waals surface area contributed by atoms with Gasteiger partial charge in [-0.15, -0.1) is 0 Å². The first-order valence-electron chi connectivity index (χ1n) is 3.79. The van der Waals surface area contributed by atoms with Gasteiger partial charge in [0.05, 0.1) is 0 Å². The smallest absolute Gasteiger partial charge is 0.450 e. The molecule has 0 spiro atoms. The molecular formula is C9H7NO3. The fourth-order valence-corrected chi connectivity index (χ4v) is 1.27. The average Bonchev–Trinajstić information content (AvgIpc) is 2.48. The molecule has 1 aromatic rings. The van der Waals surface area contributed by atoms with E-state index in [1.165, 1.54) is 0 Å². The summed E-state index contributed by atoms with van der Waals surface area (Å²) in [6.07, 6.45) is -0.379. The molecule has 1 heterocycles. The van der Waals surface area contributed by atoms with Gasteiger partial charge >= 0.3 is 6.16 Å². The van der Waals surface area contributed by atoms with Gasteiger partial charge in [0.15, 0.2) is 0 Å². The van der Waals surface area contributed by atoms with Crippen molar-refractivity contribution in [1.29, 1.82) is 0 Å². The maximum Gasteiger partial charge on any atom is 0.508 e. The number of carbonyl (C=O) groups is 1. The number of benzene rings is 1. The third-order valence-corrected chi connectivity index (χ3v) is 1.82. The van der Waals surface area contributed by atoms with Gasteiger partial charge in [-0.3, -0.25) is 0 Å². The van der Waals surface area contributed by atoms with Gasteiger partial charge in [0.2, 0.25) is 6.23 Å². The van der Waals surface area contributed by atoms with Gasteiger partial charge in [0.1, 0.15) is 0 Å². The highest BCUT2D eigenvalue weighted by Crippen LogP contribution is 2.26. The summed E-state index contributed by atoms with van der Waals surface area (Å²) in [5.74, 6) is 0. The summed E-state index contributed by atoms with van der Waals surface area (Å²) in [6, 6.07) is 7.36. The summed E-state index contributed by atoms with van der Waals surface area (Å²) < 4.78 is 4.56. The summed E-state index contributed by atoms with van der Waals surface area (Å²) in [6.45, 7) is 0. The Hall–Kier alpha value is -1.84. The van der Waals surface area contributed by atoms with Crippen LogP contribution in [0.5, 0.6) is 0 Å². The Kier molecular flexibility index (Phi) is 1.73. The fraction of sp³-hybridized carbons (Fsp3) is 0.111. The van der Waals surface area contributed by atoms with Crippen LogP contribution in [0.15, 0.2) is 29.3 Å². The van der Waals surface area contributed by atoms with Gasteiger partial charge in [0.25, 0.3) is 0 Å². The molecule has 1 N–H and O–H groups in total. The highest BCUT2D eigenvalue weighted by Gasteiger charge is 2.21. The predicted octanol–water partition coefficient (Wildman–Crippen LogP) is 1.81. The number of hydrogen-bond donors (Lipinski definition) is 1. The maximum absolute atomic E-state index is 10.3. The van der Waals surface area contributed by atoms with Crippen LogP contribution in [0.25, 0.3) is 0 Å². The lowest BCUT2D eigenvalue weighted by molar-refractivity contribution is 0.0563. The van der Waals surface area contributed by atoms with E-state index in [-0.39, 0.29) is 0 Å². The van der Waals surface area contributed by atoms with Crippen LogP contribution >= 0.6 is 0 Å². The van der Waals surface area contributed by atoms with E-state index >= 15 is 0 Å². The molecule has 2 rings (SSSR count). The van der Waals surface area contributed by atoms with Crippen molar-refractivity contribution in [2.24, 2.45) is 4.99 Å². The number of rotatable bonds is 1. The van der Waals surface area contributed by atoms with Crippen LogP contribution < -0.4 is 0 Å². The molecule has 0 amide bonds. The van der Waals surface area contributed by atoms with Crippen molar-refractivity contribution < 1.29 is 14.6 Å². The minimum absolute atomic E-state index is 0.686. The molecule has 1 aromatic carbocycles. The molecule has 1 unspecified atom stereocenters. The summed E-state index contributed by atoms with van der Waals surface area (Å²) in [4.78, 5) is 14.2. The summed E-state index contributed by atoms with van der Waals surface area (Å²) in [5.41, 5.74) is 1.71. The van der Waals surface area contributed by atoms with Crippen LogP contribution in [0.2, 0.25) is 0 Å². The second-order valence-electron chi connectivity index (χ2n) is 2.64. The third kappa shape index (κ3) is 1.38. The molecule has 0 aromatic heterocycles. The average molecular weight is 177 g/mol. The number of nitrogens with zero attached hydrogens (tertiary/aromatic N) is 1. The number of ether oxygens (including phenoxy) is 1. The highest BCUT2D eigenvalue weighted by molar-refractivity contribution is 5.85. The van der Waals surface area contributed by atoms with Crippen LogP contribution in [0.1, 0.15) is 17.4 Å². The molecule has 1 aliphatic heterocycles. The standard InChI is InChI=1S/C9H7NO3/c11-9(12)13-8-7-4-2-1-3-6(7)5-10-8/h1-5,8H,(H,11,12). The lowest BCUT2D eigenvalue weighted by Gasteiger charge is -2.07. The Balaban J connectivity index is 2.28. The Morgan fingerprint density at radius 3 is 3.00 bits per heavy atom. The van der Waals surface area contributed by atoms with Crippen molar-refractivity contribution in [2.45, 2.75) is 6.23 Å². The van der Waals surface area contributed by atoms with Crippen molar-refractivity contribution in [3.8, 4) is 0 Å². The van der Waals surface area contributed by atoms with Crippen molar-refractivity contribution in [1.82, 2.24) is 0 Å². The molecule has 0 aliphatic carbocycles. The Labute approximate surface area is 74.5 Å². The minimum atomic E-state index is -1.31. The molecule has 66 valence electrons. The van der Waals surface area contributed by atoms with E-state index in [0.29, 0.717) is 0 Å². The van der Waals surface area contributed by atoms with Gasteiger partial charge in [0, 0.05) is 17.3 Å². The van der Waals surface area contributed by atoms with Gasteiger partial charge in [-0.05, 0) is 0 Å². The number of hydrogen-bond acceptors (Lipinski definition) is 3. The van der Waals surface area contributed by atoms with Gasteiger partial charge in [-0.25, -0.2) is 9.79 Å². The molecule has 13 heavy (non-hydrogen) atoms. The van der Waals surface area contributed by atoms with Crippen molar-refractivity contribution in [2.75, 3.05) is 0 Å². The normalized spacial score (nSPS) is 18.3. The predicted molar refractivity (Wildman–Crippen MR) is 45.9 cm³/mol. The summed E-state index contributed by atoms with van der Waals surface area (Å²) in [5, 5.41) is 8.40. The Bertz CT molecular complexity index is 373. The van der Waals surface area contributed by atoms with E-state index in [2.05, 4.69) is 9.73 Å². The lowest BCUT2D eigenvalue weighted by Crippen LogP contribution is -2.05. The molecule has 0 saturated heterocycles. The van der Waals surface area contributed by atoms with Crippen LogP contribution in [-0.2, 0) is 4.74 Å². The topological polar surface area (TPSA) is 58.9 Å². The number of carboxylic acid groups (broad SMARTS) is 1. The van der Waals surface area contributed by atoms with Gasteiger partial charge in [-0.2, -0.15) is 0 Å².